The number of amides is 1. The Morgan fingerprint density at radius 2 is 1.81 bits per heavy atom. The molecule has 0 fully saturated rings. The van der Waals surface area contributed by atoms with Crippen molar-refractivity contribution in [3.63, 3.8) is 0 Å². The number of hydrogen-bond donors (Lipinski definition) is 2. The second-order valence-corrected chi connectivity index (χ2v) is 6.56. The summed E-state index contributed by atoms with van der Waals surface area (Å²) in [5.74, 6) is -1.41. The van der Waals surface area contributed by atoms with Crippen LogP contribution in [0.15, 0.2) is 11.6 Å². The molecule has 1 heterocycles. The third kappa shape index (κ3) is 8.99. The number of esters is 2. The molecule has 0 radical (unpaired) electrons. The summed E-state index contributed by atoms with van der Waals surface area (Å²) in [6.07, 6.45) is 8.34. The molecule has 26 heavy (non-hydrogen) atoms. The topological polar surface area (TPSA) is 102 Å². The fourth-order valence-corrected chi connectivity index (χ4v) is 2.81. The van der Waals surface area contributed by atoms with Crippen LogP contribution in [0.4, 0.5) is 0 Å². The number of carbonyl (C=O) groups excluding carboxylic acids is 3. The first-order valence-electron chi connectivity index (χ1n) is 9.48. The fraction of sp³-hybridized carbons (Fsp3) is 0.737. The van der Waals surface area contributed by atoms with Crippen LogP contribution in [0, 0.1) is 0 Å². The Balaban J connectivity index is 2.26. The zero-order valence-electron chi connectivity index (χ0n) is 15.8. The molecule has 2 N–H and O–H groups in total. The highest BCUT2D eigenvalue weighted by molar-refractivity contribution is 5.86. The van der Waals surface area contributed by atoms with Gasteiger partial charge in [-0.1, -0.05) is 51.9 Å². The molecule has 0 aliphatic carbocycles. The molecule has 0 saturated carbocycles. The lowest BCUT2D eigenvalue weighted by Crippen LogP contribution is -2.37. The second-order valence-electron chi connectivity index (χ2n) is 6.56. The SMILES string of the molecule is CCCCCCCCCCC(=O)NCC(OC(C)=O)C1=CC(=O)OC1O. The minimum atomic E-state index is -1.45. The van der Waals surface area contributed by atoms with Gasteiger partial charge in [0.2, 0.25) is 12.2 Å². The normalized spacial score (nSPS) is 17.4. The number of cyclic esters (lactones) is 1. The van der Waals surface area contributed by atoms with E-state index in [-0.39, 0.29) is 18.0 Å². The van der Waals surface area contributed by atoms with E-state index in [4.69, 9.17) is 4.74 Å². The van der Waals surface area contributed by atoms with Gasteiger partial charge in [-0.15, -0.1) is 0 Å². The van der Waals surface area contributed by atoms with Gasteiger partial charge in [0.1, 0.15) is 6.10 Å². The first-order valence-corrected chi connectivity index (χ1v) is 9.48. The zero-order chi connectivity index (χ0) is 19.4. The van der Waals surface area contributed by atoms with E-state index in [0.29, 0.717) is 6.42 Å². The van der Waals surface area contributed by atoms with E-state index in [9.17, 15) is 19.5 Å². The highest BCUT2D eigenvalue weighted by Gasteiger charge is 2.32. The number of aliphatic hydroxyl groups is 1. The Morgan fingerprint density at radius 1 is 1.19 bits per heavy atom. The molecule has 0 aromatic heterocycles. The van der Waals surface area contributed by atoms with E-state index in [1.165, 1.54) is 39.0 Å². The van der Waals surface area contributed by atoms with Crippen LogP contribution in [0.2, 0.25) is 0 Å². The van der Waals surface area contributed by atoms with Crippen molar-refractivity contribution in [1.82, 2.24) is 5.32 Å². The van der Waals surface area contributed by atoms with E-state index in [0.717, 1.165) is 25.3 Å². The molecule has 1 amide bonds. The number of unbranched alkanes of at least 4 members (excludes halogenated alkanes) is 7. The van der Waals surface area contributed by atoms with Gasteiger partial charge in [-0.05, 0) is 6.42 Å². The van der Waals surface area contributed by atoms with Gasteiger partial charge in [0.25, 0.3) is 0 Å². The number of hydrogen-bond acceptors (Lipinski definition) is 6. The molecule has 0 saturated heterocycles. The van der Waals surface area contributed by atoms with Gasteiger partial charge in [0.15, 0.2) is 0 Å². The summed E-state index contributed by atoms with van der Waals surface area (Å²) in [6, 6.07) is 0. The largest absolute Gasteiger partial charge is 0.456 e. The monoisotopic (exact) mass is 369 g/mol. The maximum Gasteiger partial charge on any atom is 0.333 e. The Hall–Kier alpha value is -1.89. The first kappa shape index (κ1) is 22.2. The molecule has 7 heteroatoms. The zero-order valence-corrected chi connectivity index (χ0v) is 15.8. The summed E-state index contributed by atoms with van der Waals surface area (Å²) in [7, 11) is 0. The number of carbonyl (C=O) groups is 3. The summed E-state index contributed by atoms with van der Waals surface area (Å²) < 4.78 is 9.67. The maximum absolute atomic E-state index is 11.9. The quantitative estimate of drug-likeness (QED) is 0.382. The van der Waals surface area contributed by atoms with E-state index in [2.05, 4.69) is 17.0 Å². The van der Waals surface area contributed by atoms with E-state index < -0.39 is 24.3 Å². The van der Waals surface area contributed by atoms with Crippen molar-refractivity contribution in [2.24, 2.45) is 0 Å². The molecule has 1 aliphatic heterocycles. The number of aliphatic hydroxyl groups excluding tert-OH is 1. The molecule has 0 spiro atoms. The van der Waals surface area contributed by atoms with Crippen molar-refractivity contribution in [1.29, 1.82) is 0 Å². The van der Waals surface area contributed by atoms with Crippen molar-refractivity contribution >= 4 is 17.8 Å². The number of rotatable bonds is 13. The lowest BCUT2D eigenvalue weighted by atomic mass is 10.1. The average molecular weight is 369 g/mol. The van der Waals surface area contributed by atoms with Crippen LogP contribution in [-0.2, 0) is 23.9 Å². The minimum absolute atomic E-state index is 0.00500. The summed E-state index contributed by atoms with van der Waals surface area (Å²) in [5.41, 5.74) is 0.137. The molecular formula is C19H31NO6. The maximum atomic E-state index is 11.9. The standard InChI is InChI=1S/C19H31NO6/c1-3-4-5-6-7-8-9-10-11-17(22)20-13-16(25-14(2)21)15-12-18(23)26-19(15)24/h12,16,19,24H,3-11,13H2,1-2H3,(H,20,22). The van der Waals surface area contributed by atoms with Gasteiger partial charge in [-0.3, -0.25) is 9.59 Å². The van der Waals surface area contributed by atoms with Crippen molar-refractivity contribution in [2.75, 3.05) is 6.54 Å². The predicted molar refractivity (Wildman–Crippen MR) is 96.0 cm³/mol. The van der Waals surface area contributed by atoms with Crippen LogP contribution < -0.4 is 5.32 Å². The second kappa shape index (κ2) is 12.5. The summed E-state index contributed by atoms with van der Waals surface area (Å²) in [5, 5.41) is 12.4. The molecule has 1 rings (SSSR count). The van der Waals surface area contributed by atoms with Crippen LogP contribution >= 0.6 is 0 Å². The Bertz CT molecular complexity index is 502. The summed E-state index contributed by atoms with van der Waals surface area (Å²) >= 11 is 0. The lowest BCUT2D eigenvalue weighted by Gasteiger charge is -2.20. The fourth-order valence-electron chi connectivity index (χ4n) is 2.81. The third-order valence-corrected chi connectivity index (χ3v) is 4.22. The molecule has 0 aromatic carbocycles. The van der Waals surface area contributed by atoms with Crippen molar-refractivity contribution < 1.29 is 29.0 Å². The van der Waals surface area contributed by atoms with Crippen LogP contribution in [0.3, 0.4) is 0 Å². The predicted octanol–water partition coefficient (Wildman–Crippen LogP) is 2.37. The highest BCUT2D eigenvalue weighted by atomic mass is 16.6. The molecule has 1 aliphatic rings. The van der Waals surface area contributed by atoms with Gasteiger partial charge < -0.3 is 19.9 Å². The van der Waals surface area contributed by atoms with Gasteiger partial charge in [-0.25, -0.2) is 4.79 Å². The van der Waals surface area contributed by atoms with E-state index >= 15 is 0 Å². The molecule has 0 bridgehead atoms. The summed E-state index contributed by atoms with van der Waals surface area (Å²) in [6.45, 7) is 3.41. The van der Waals surface area contributed by atoms with Gasteiger partial charge in [0, 0.05) is 25.0 Å². The molecule has 0 aromatic rings. The highest BCUT2D eigenvalue weighted by Crippen LogP contribution is 2.19. The Labute approximate surface area is 155 Å². The van der Waals surface area contributed by atoms with Gasteiger partial charge in [0.05, 0.1) is 6.54 Å². The van der Waals surface area contributed by atoms with Crippen molar-refractivity contribution in [3.05, 3.63) is 11.6 Å². The van der Waals surface area contributed by atoms with Crippen LogP contribution in [0.5, 0.6) is 0 Å². The molecule has 148 valence electrons. The van der Waals surface area contributed by atoms with Crippen LogP contribution in [0.1, 0.15) is 71.6 Å². The molecule has 2 atom stereocenters. The van der Waals surface area contributed by atoms with Crippen molar-refractivity contribution in [2.45, 2.75) is 84.0 Å². The van der Waals surface area contributed by atoms with Gasteiger partial charge >= 0.3 is 11.9 Å². The average Bonchev–Trinajstić information content (AvgIpc) is 2.92. The molecule has 2 unspecified atom stereocenters. The third-order valence-electron chi connectivity index (χ3n) is 4.22. The van der Waals surface area contributed by atoms with Crippen LogP contribution in [-0.4, -0.2) is 41.9 Å². The van der Waals surface area contributed by atoms with E-state index in [1.54, 1.807) is 0 Å². The van der Waals surface area contributed by atoms with Crippen LogP contribution in [0.25, 0.3) is 0 Å². The number of ether oxygens (including phenoxy) is 2. The lowest BCUT2D eigenvalue weighted by molar-refractivity contribution is -0.154. The van der Waals surface area contributed by atoms with Gasteiger partial charge in [-0.2, -0.15) is 0 Å². The van der Waals surface area contributed by atoms with Crippen molar-refractivity contribution in [3.8, 4) is 0 Å². The first-order chi connectivity index (χ1) is 12.4. The summed E-state index contributed by atoms with van der Waals surface area (Å²) in [4.78, 5) is 34.3. The molecular weight excluding hydrogens is 338 g/mol. The smallest absolute Gasteiger partial charge is 0.333 e. The Morgan fingerprint density at radius 3 is 2.35 bits per heavy atom. The minimum Gasteiger partial charge on any atom is -0.456 e. The molecule has 7 nitrogen and oxygen atoms in total. The number of nitrogens with one attached hydrogen (secondary N) is 1. The van der Waals surface area contributed by atoms with E-state index in [1.807, 2.05) is 0 Å². The Kier molecular flexibility index (Phi) is 10.6.